The van der Waals surface area contributed by atoms with Crippen molar-refractivity contribution in [2.75, 3.05) is 7.11 Å². The summed E-state index contributed by atoms with van der Waals surface area (Å²) in [4.78, 5) is 4.51. The molecule has 1 aliphatic rings. The molecule has 1 N–H and O–H groups in total. The summed E-state index contributed by atoms with van der Waals surface area (Å²) in [5, 5.41) is 3.57. The molecule has 0 spiro atoms. The van der Waals surface area contributed by atoms with Gasteiger partial charge in [0.1, 0.15) is 11.6 Å². The van der Waals surface area contributed by atoms with Gasteiger partial charge in [-0.15, -0.1) is 0 Å². The van der Waals surface area contributed by atoms with Gasteiger partial charge in [0.25, 0.3) is 0 Å². The Hall–Kier alpha value is -1.81. The molecule has 1 fully saturated rings. The molecule has 0 radical (unpaired) electrons. The number of aryl methyl sites for hydroxylation is 1. The van der Waals surface area contributed by atoms with E-state index in [2.05, 4.69) is 33.9 Å². The average molecular weight is 271 g/mol. The first-order valence-corrected chi connectivity index (χ1v) is 7.23. The van der Waals surface area contributed by atoms with E-state index < -0.39 is 0 Å². The molecule has 4 heteroatoms. The van der Waals surface area contributed by atoms with Crippen LogP contribution in [-0.2, 0) is 13.1 Å². The molecule has 1 heterocycles. The quantitative estimate of drug-likeness (QED) is 0.878. The molecule has 3 rings (SSSR count). The lowest BCUT2D eigenvalue weighted by Gasteiger charge is -2.13. The lowest BCUT2D eigenvalue weighted by molar-refractivity contribution is 0.414. The van der Waals surface area contributed by atoms with Crippen LogP contribution in [0.25, 0.3) is 11.4 Å². The zero-order chi connectivity index (χ0) is 13.9. The SMILES string of the molecule is CCn1ccnc1-c1ccc(OC)cc1CNC1CC1. The highest BCUT2D eigenvalue weighted by atomic mass is 16.5. The van der Waals surface area contributed by atoms with E-state index in [4.69, 9.17) is 4.74 Å². The Labute approximate surface area is 119 Å². The second kappa shape index (κ2) is 5.67. The van der Waals surface area contributed by atoms with Crippen LogP contribution in [0.2, 0.25) is 0 Å². The molecule has 0 amide bonds. The van der Waals surface area contributed by atoms with Crippen LogP contribution in [0.4, 0.5) is 0 Å². The predicted molar refractivity (Wildman–Crippen MR) is 79.8 cm³/mol. The number of hydrogen-bond acceptors (Lipinski definition) is 3. The van der Waals surface area contributed by atoms with Crippen LogP contribution in [-0.4, -0.2) is 22.7 Å². The summed E-state index contributed by atoms with van der Waals surface area (Å²) in [7, 11) is 1.71. The molecule has 1 saturated carbocycles. The second-order valence-electron chi connectivity index (χ2n) is 5.22. The highest BCUT2D eigenvalue weighted by Gasteiger charge is 2.21. The van der Waals surface area contributed by atoms with E-state index in [0.29, 0.717) is 6.04 Å². The number of hydrogen-bond donors (Lipinski definition) is 1. The fourth-order valence-electron chi connectivity index (χ4n) is 2.41. The molecule has 0 saturated heterocycles. The van der Waals surface area contributed by atoms with Crippen molar-refractivity contribution in [3.63, 3.8) is 0 Å². The summed E-state index contributed by atoms with van der Waals surface area (Å²) < 4.78 is 7.52. The van der Waals surface area contributed by atoms with Crippen molar-refractivity contribution in [3.05, 3.63) is 36.2 Å². The predicted octanol–water partition coefficient (Wildman–Crippen LogP) is 2.83. The van der Waals surface area contributed by atoms with Crippen molar-refractivity contribution in [1.82, 2.24) is 14.9 Å². The smallest absolute Gasteiger partial charge is 0.140 e. The van der Waals surface area contributed by atoms with E-state index in [-0.39, 0.29) is 0 Å². The highest BCUT2D eigenvalue weighted by molar-refractivity contribution is 5.62. The third-order valence-electron chi connectivity index (χ3n) is 3.77. The second-order valence-corrected chi connectivity index (χ2v) is 5.22. The minimum Gasteiger partial charge on any atom is -0.497 e. The molecule has 4 nitrogen and oxygen atoms in total. The van der Waals surface area contributed by atoms with Gasteiger partial charge >= 0.3 is 0 Å². The van der Waals surface area contributed by atoms with Gasteiger partial charge in [-0.05, 0) is 43.5 Å². The Morgan fingerprint density at radius 1 is 1.40 bits per heavy atom. The Morgan fingerprint density at radius 2 is 2.25 bits per heavy atom. The molecular weight excluding hydrogens is 250 g/mol. The van der Waals surface area contributed by atoms with Crippen LogP contribution in [0, 0.1) is 0 Å². The summed E-state index contributed by atoms with van der Waals surface area (Å²) in [6.07, 6.45) is 6.48. The molecule has 1 aromatic carbocycles. The molecule has 2 aromatic rings. The number of benzene rings is 1. The van der Waals surface area contributed by atoms with Gasteiger partial charge in [-0.3, -0.25) is 0 Å². The zero-order valence-electron chi connectivity index (χ0n) is 12.1. The maximum absolute atomic E-state index is 5.35. The van der Waals surface area contributed by atoms with Gasteiger partial charge in [0.2, 0.25) is 0 Å². The Kier molecular flexibility index (Phi) is 3.74. The molecule has 0 unspecified atom stereocenters. The molecule has 0 atom stereocenters. The standard InChI is InChI=1S/C16H21N3O/c1-3-19-9-8-17-16(19)15-7-6-14(20-2)10-12(15)11-18-13-4-5-13/h6-10,13,18H,3-5,11H2,1-2H3. The van der Waals surface area contributed by atoms with Crippen LogP contribution in [0.5, 0.6) is 5.75 Å². The van der Waals surface area contributed by atoms with Gasteiger partial charge in [-0.2, -0.15) is 0 Å². The first kappa shape index (κ1) is 13.2. The van der Waals surface area contributed by atoms with Gasteiger partial charge in [0.05, 0.1) is 7.11 Å². The number of methoxy groups -OCH3 is 1. The minimum atomic E-state index is 0.694. The van der Waals surface area contributed by atoms with Crippen molar-refractivity contribution in [3.8, 4) is 17.1 Å². The maximum Gasteiger partial charge on any atom is 0.140 e. The van der Waals surface area contributed by atoms with Gasteiger partial charge in [0.15, 0.2) is 0 Å². The van der Waals surface area contributed by atoms with Crippen LogP contribution in [0.1, 0.15) is 25.3 Å². The Morgan fingerprint density at radius 3 is 2.95 bits per heavy atom. The number of nitrogens with one attached hydrogen (secondary N) is 1. The van der Waals surface area contributed by atoms with E-state index in [0.717, 1.165) is 24.7 Å². The molecule has 106 valence electrons. The first-order chi connectivity index (χ1) is 9.81. The average Bonchev–Trinajstić information content (AvgIpc) is 3.20. The summed E-state index contributed by atoms with van der Waals surface area (Å²) in [5.74, 6) is 1.93. The number of aromatic nitrogens is 2. The summed E-state index contributed by atoms with van der Waals surface area (Å²) >= 11 is 0. The lowest BCUT2D eigenvalue weighted by Crippen LogP contribution is -2.16. The number of rotatable bonds is 6. The molecule has 1 aromatic heterocycles. The number of ether oxygens (including phenoxy) is 1. The summed E-state index contributed by atoms with van der Waals surface area (Å²) in [6, 6.07) is 6.92. The van der Waals surface area contributed by atoms with Gasteiger partial charge < -0.3 is 14.6 Å². The summed E-state index contributed by atoms with van der Waals surface area (Å²) in [5.41, 5.74) is 2.43. The Bertz CT molecular complexity index is 587. The highest BCUT2D eigenvalue weighted by Crippen LogP contribution is 2.28. The largest absolute Gasteiger partial charge is 0.497 e. The fraction of sp³-hybridized carbons (Fsp3) is 0.438. The topological polar surface area (TPSA) is 39.1 Å². The monoisotopic (exact) mass is 271 g/mol. The minimum absolute atomic E-state index is 0.694. The third-order valence-corrected chi connectivity index (χ3v) is 3.77. The Balaban J connectivity index is 1.94. The van der Waals surface area contributed by atoms with Crippen LogP contribution in [0.15, 0.2) is 30.6 Å². The van der Waals surface area contributed by atoms with E-state index in [1.165, 1.54) is 24.0 Å². The normalized spacial score (nSPS) is 14.5. The molecular formula is C16H21N3O. The number of imidazole rings is 1. The van der Waals surface area contributed by atoms with Crippen LogP contribution in [0.3, 0.4) is 0 Å². The van der Waals surface area contributed by atoms with Gasteiger partial charge in [-0.1, -0.05) is 0 Å². The zero-order valence-corrected chi connectivity index (χ0v) is 12.1. The van der Waals surface area contributed by atoms with Crippen molar-refractivity contribution >= 4 is 0 Å². The van der Waals surface area contributed by atoms with Crippen LogP contribution < -0.4 is 10.1 Å². The van der Waals surface area contributed by atoms with E-state index >= 15 is 0 Å². The van der Waals surface area contributed by atoms with Crippen molar-refractivity contribution in [2.45, 2.75) is 38.9 Å². The van der Waals surface area contributed by atoms with E-state index in [1.54, 1.807) is 7.11 Å². The van der Waals surface area contributed by atoms with E-state index in [1.807, 2.05) is 18.5 Å². The molecule has 20 heavy (non-hydrogen) atoms. The first-order valence-electron chi connectivity index (χ1n) is 7.23. The summed E-state index contributed by atoms with van der Waals surface area (Å²) in [6.45, 7) is 3.93. The van der Waals surface area contributed by atoms with Gasteiger partial charge in [-0.25, -0.2) is 4.98 Å². The fourth-order valence-corrected chi connectivity index (χ4v) is 2.41. The van der Waals surface area contributed by atoms with Crippen molar-refractivity contribution < 1.29 is 4.74 Å². The van der Waals surface area contributed by atoms with Crippen molar-refractivity contribution in [1.29, 1.82) is 0 Å². The maximum atomic E-state index is 5.35. The molecule has 1 aliphatic carbocycles. The third kappa shape index (κ3) is 2.70. The molecule has 0 aliphatic heterocycles. The number of nitrogens with zero attached hydrogens (tertiary/aromatic N) is 2. The van der Waals surface area contributed by atoms with Crippen LogP contribution >= 0.6 is 0 Å². The van der Waals surface area contributed by atoms with Crippen molar-refractivity contribution in [2.24, 2.45) is 0 Å². The lowest BCUT2D eigenvalue weighted by atomic mass is 10.1. The van der Waals surface area contributed by atoms with Gasteiger partial charge in [0, 0.05) is 37.1 Å². The van der Waals surface area contributed by atoms with E-state index in [9.17, 15) is 0 Å². The molecule has 0 bridgehead atoms.